The van der Waals surface area contributed by atoms with E-state index < -0.39 is 0 Å². The van der Waals surface area contributed by atoms with Gasteiger partial charge in [0.1, 0.15) is 0 Å². The van der Waals surface area contributed by atoms with Crippen molar-refractivity contribution in [3.05, 3.63) is 41.5 Å². The molecule has 0 aromatic heterocycles. The quantitative estimate of drug-likeness (QED) is 0.730. The van der Waals surface area contributed by atoms with E-state index in [-0.39, 0.29) is 0 Å². The van der Waals surface area contributed by atoms with Crippen LogP contribution in [0.25, 0.3) is 0 Å². The van der Waals surface area contributed by atoms with Gasteiger partial charge in [-0.2, -0.15) is 0 Å². The van der Waals surface area contributed by atoms with Crippen molar-refractivity contribution in [1.29, 1.82) is 0 Å². The molecule has 0 spiro atoms. The molecule has 104 valence electrons. The Bertz CT molecular complexity index is 445. The summed E-state index contributed by atoms with van der Waals surface area (Å²) in [5.74, 6) is 2.12. The van der Waals surface area contributed by atoms with Crippen LogP contribution in [0.3, 0.4) is 0 Å². The Labute approximate surface area is 118 Å². The summed E-state index contributed by atoms with van der Waals surface area (Å²) in [5, 5.41) is 3.62. The third kappa shape index (κ3) is 4.12. The van der Waals surface area contributed by atoms with Crippen LogP contribution in [0.2, 0.25) is 0 Å². The fraction of sp³-hybridized carbons (Fsp3) is 0.556. The van der Waals surface area contributed by atoms with Gasteiger partial charge in [0.05, 0.1) is 0 Å². The molecule has 0 saturated heterocycles. The number of nitrogens with one attached hydrogen (secondary N) is 1. The van der Waals surface area contributed by atoms with Gasteiger partial charge in [-0.25, -0.2) is 0 Å². The van der Waals surface area contributed by atoms with E-state index >= 15 is 0 Å². The van der Waals surface area contributed by atoms with Crippen LogP contribution in [0.1, 0.15) is 52.0 Å². The first-order chi connectivity index (χ1) is 9.04. The lowest BCUT2D eigenvalue weighted by atomic mass is 9.83. The van der Waals surface area contributed by atoms with Gasteiger partial charge in [-0.3, -0.25) is 0 Å². The van der Waals surface area contributed by atoms with E-state index in [4.69, 9.17) is 0 Å². The van der Waals surface area contributed by atoms with Gasteiger partial charge in [-0.1, -0.05) is 44.6 Å². The first-order valence-corrected chi connectivity index (χ1v) is 7.55. The average molecular weight is 257 g/mol. The molecule has 0 bridgehead atoms. The lowest BCUT2D eigenvalue weighted by molar-refractivity contribution is 0.421. The molecule has 2 unspecified atom stereocenters. The van der Waals surface area contributed by atoms with Crippen molar-refractivity contribution in [3.63, 3.8) is 0 Å². The summed E-state index contributed by atoms with van der Waals surface area (Å²) in [6, 6.07) is 8.85. The van der Waals surface area contributed by atoms with Gasteiger partial charge in [0.2, 0.25) is 0 Å². The summed E-state index contributed by atoms with van der Waals surface area (Å²) in [6.07, 6.45) is 4.99. The number of hydrogen-bond acceptors (Lipinski definition) is 1. The molecule has 1 N–H and O–H groups in total. The van der Waals surface area contributed by atoms with E-state index in [1.807, 2.05) is 0 Å². The molecule has 1 aliphatic carbocycles. The Kier molecular flexibility index (Phi) is 4.68. The molecule has 0 heterocycles. The topological polar surface area (TPSA) is 12.0 Å². The van der Waals surface area contributed by atoms with Crippen LogP contribution in [-0.2, 0) is 0 Å². The van der Waals surface area contributed by atoms with Crippen molar-refractivity contribution >= 4 is 5.69 Å². The highest BCUT2D eigenvalue weighted by atomic mass is 14.9. The van der Waals surface area contributed by atoms with Gasteiger partial charge in [-0.15, -0.1) is 0 Å². The average Bonchev–Trinajstić information content (AvgIpc) is 2.35. The summed E-state index contributed by atoms with van der Waals surface area (Å²) < 4.78 is 0. The molecule has 0 saturated carbocycles. The maximum atomic E-state index is 3.62. The van der Waals surface area contributed by atoms with Gasteiger partial charge in [0.15, 0.2) is 0 Å². The van der Waals surface area contributed by atoms with Crippen LogP contribution < -0.4 is 5.32 Å². The van der Waals surface area contributed by atoms with E-state index in [1.165, 1.54) is 24.1 Å². The van der Waals surface area contributed by atoms with Gasteiger partial charge in [0, 0.05) is 12.2 Å². The number of anilines is 1. The van der Waals surface area contributed by atoms with Gasteiger partial charge < -0.3 is 5.32 Å². The minimum atomic E-state index is 0.599. The van der Waals surface area contributed by atoms with E-state index in [2.05, 4.69) is 63.4 Å². The Balaban J connectivity index is 1.92. The highest BCUT2D eigenvalue weighted by Gasteiger charge is 2.17. The summed E-state index contributed by atoms with van der Waals surface area (Å²) >= 11 is 0. The van der Waals surface area contributed by atoms with Crippen LogP contribution in [0.15, 0.2) is 35.9 Å². The SMILES string of the molecule is CC1=CC(C)CC(CNc2cccc(C(C)C)c2)C1. The summed E-state index contributed by atoms with van der Waals surface area (Å²) in [6.45, 7) is 10.2. The van der Waals surface area contributed by atoms with E-state index in [9.17, 15) is 0 Å². The molecule has 0 fully saturated rings. The second kappa shape index (κ2) is 6.27. The predicted molar refractivity (Wildman–Crippen MR) is 84.7 cm³/mol. The molecule has 0 aliphatic heterocycles. The summed E-state index contributed by atoms with van der Waals surface area (Å²) in [7, 11) is 0. The molecule has 19 heavy (non-hydrogen) atoms. The zero-order valence-electron chi connectivity index (χ0n) is 12.7. The fourth-order valence-corrected chi connectivity index (χ4v) is 3.11. The van der Waals surface area contributed by atoms with Gasteiger partial charge >= 0.3 is 0 Å². The van der Waals surface area contributed by atoms with E-state index in [0.29, 0.717) is 5.92 Å². The van der Waals surface area contributed by atoms with Crippen molar-refractivity contribution in [1.82, 2.24) is 0 Å². The van der Waals surface area contributed by atoms with Crippen molar-refractivity contribution in [2.75, 3.05) is 11.9 Å². The lowest BCUT2D eigenvalue weighted by Gasteiger charge is -2.26. The first kappa shape index (κ1) is 14.2. The van der Waals surface area contributed by atoms with Crippen LogP contribution in [0.5, 0.6) is 0 Å². The second-order valence-electron chi connectivity index (χ2n) is 6.46. The smallest absolute Gasteiger partial charge is 0.0343 e. The Morgan fingerprint density at radius 3 is 2.79 bits per heavy atom. The standard InChI is InChI=1S/C18H27N/c1-13(2)17-6-5-7-18(11-17)19-12-16-9-14(3)8-15(4)10-16/h5-8,11,13-14,16,19H,9-10,12H2,1-4H3. The van der Waals surface area contributed by atoms with Crippen molar-refractivity contribution in [2.24, 2.45) is 11.8 Å². The van der Waals surface area contributed by atoms with Crippen molar-refractivity contribution in [3.8, 4) is 0 Å². The first-order valence-electron chi connectivity index (χ1n) is 7.55. The monoisotopic (exact) mass is 257 g/mol. The van der Waals surface area contributed by atoms with Crippen LogP contribution >= 0.6 is 0 Å². The highest BCUT2D eigenvalue weighted by molar-refractivity contribution is 5.46. The second-order valence-corrected chi connectivity index (χ2v) is 6.46. The molecular weight excluding hydrogens is 230 g/mol. The third-order valence-corrected chi connectivity index (χ3v) is 4.03. The Morgan fingerprint density at radius 2 is 2.11 bits per heavy atom. The minimum Gasteiger partial charge on any atom is -0.385 e. The normalized spacial score (nSPS) is 23.3. The molecule has 2 rings (SSSR count). The number of hydrogen-bond donors (Lipinski definition) is 1. The third-order valence-electron chi connectivity index (χ3n) is 4.03. The molecule has 0 radical (unpaired) electrons. The summed E-state index contributed by atoms with van der Waals surface area (Å²) in [5.41, 5.74) is 4.24. The zero-order valence-corrected chi connectivity index (χ0v) is 12.7. The molecule has 0 amide bonds. The van der Waals surface area contributed by atoms with E-state index in [1.54, 1.807) is 5.57 Å². The zero-order chi connectivity index (χ0) is 13.8. The lowest BCUT2D eigenvalue weighted by Crippen LogP contribution is -2.20. The largest absolute Gasteiger partial charge is 0.385 e. The molecule has 1 aromatic carbocycles. The minimum absolute atomic E-state index is 0.599. The molecule has 1 heteroatoms. The van der Waals surface area contributed by atoms with Gasteiger partial charge in [-0.05, 0) is 55.2 Å². The molecule has 2 atom stereocenters. The molecule has 1 nitrogen and oxygen atoms in total. The Hall–Kier alpha value is -1.24. The summed E-state index contributed by atoms with van der Waals surface area (Å²) in [4.78, 5) is 0. The van der Waals surface area contributed by atoms with Crippen molar-refractivity contribution in [2.45, 2.75) is 46.5 Å². The van der Waals surface area contributed by atoms with Crippen molar-refractivity contribution < 1.29 is 0 Å². The molecular formula is C18H27N. The fourth-order valence-electron chi connectivity index (χ4n) is 3.11. The van der Waals surface area contributed by atoms with Crippen LogP contribution in [0, 0.1) is 11.8 Å². The molecule has 1 aromatic rings. The maximum Gasteiger partial charge on any atom is 0.0343 e. The number of benzene rings is 1. The number of allylic oxidation sites excluding steroid dienone is 2. The Morgan fingerprint density at radius 1 is 1.32 bits per heavy atom. The molecule has 1 aliphatic rings. The predicted octanol–water partition coefficient (Wildman–Crippen LogP) is 5.21. The van der Waals surface area contributed by atoms with Gasteiger partial charge in [0.25, 0.3) is 0 Å². The number of rotatable bonds is 4. The van der Waals surface area contributed by atoms with Crippen LogP contribution in [0.4, 0.5) is 5.69 Å². The highest BCUT2D eigenvalue weighted by Crippen LogP contribution is 2.28. The maximum absolute atomic E-state index is 3.62. The van der Waals surface area contributed by atoms with Crippen LogP contribution in [-0.4, -0.2) is 6.54 Å². The van der Waals surface area contributed by atoms with E-state index in [0.717, 1.165) is 18.4 Å².